The predicted molar refractivity (Wildman–Crippen MR) is 56.4 cm³/mol. The minimum atomic E-state index is 0.938. The van der Waals surface area contributed by atoms with Crippen LogP contribution in [0.4, 0.5) is 5.69 Å². The highest BCUT2D eigenvalue weighted by atomic mass is 16.3. The first-order chi connectivity index (χ1) is 6.95. The number of nitrogens with zero attached hydrogens (tertiary/aromatic N) is 1. The Bertz CT molecular complexity index is 392. The maximum atomic E-state index is 4.90. The molecule has 0 aliphatic rings. The van der Waals surface area contributed by atoms with Gasteiger partial charge < -0.3 is 4.42 Å². The van der Waals surface area contributed by atoms with Gasteiger partial charge in [0.05, 0.1) is 24.4 Å². The van der Waals surface area contributed by atoms with E-state index in [0.717, 1.165) is 11.3 Å². The van der Waals surface area contributed by atoms with Gasteiger partial charge in [-0.2, -0.15) is 5.10 Å². The fourth-order valence-electron chi connectivity index (χ4n) is 1.04. The molecule has 0 spiro atoms. The number of benzene rings is 1. The minimum Gasteiger partial charge on any atom is -0.472 e. The zero-order valence-electron chi connectivity index (χ0n) is 7.55. The van der Waals surface area contributed by atoms with E-state index in [1.807, 2.05) is 36.4 Å². The third kappa shape index (κ3) is 2.23. The lowest BCUT2D eigenvalue weighted by Gasteiger charge is -1.96. The number of furan rings is 1. The molecule has 0 radical (unpaired) electrons. The Morgan fingerprint density at radius 3 is 2.71 bits per heavy atom. The molecule has 2 aromatic rings. The van der Waals surface area contributed by atoms with Crippen molar-refractivity contribution in [2.45, 2.75) is 0 Å². The molecule has 1 aromatic heterocycles. The van der Waals surface area contributed by atoms with Gasteiger partial charge in [-0.05, 0) is 18.2 Å². The van der Waals surface area contributed by atoms with Gasteiger partial charge in [0.1, 0.15) is 0 Å². The topological polar surface area (TPSA) is 37.5 Å². The molecule has 0 atom stereocenters. The van der Waals surface area contributed by atoms with Crippen LogP contribution in [-0.4, -0.2) is 6.21 Å². The lowest BCUT2D eigenvalue weighted by molar-refractivity contribution is 0.567. The lowest BCUT2D eigenvalue weighted by Crippen LogP contribution is -1.88. The molecular weight excluding hydrogens is 176 g/mol. The zero-order chi connectivity index (χ0) is 9.64. The summed E-state index contributed by atoms with van der Waals surface area (Å²) in [5, 5.41) is 4.05. The van der Waals surface area contributed by atoms with E-state index in [4.69, 9.17) is 4.42 Å². The van der Waals surface area contributed by atoms with Crippen molar-refractivity contribution in [1.29, 1.82) is 0 Å². The molecule has 0 fully saturated rings. The fourth-order valence-corrected chi connectivity index (χ4v) is 1.04. The number of rotatable bonds is 3. The summed E-state index contributed by atoms with van der Waals surface area (Å²) in [5.74, 6) is 0. The average Bonchev–Trinajstić information content (AvgIpc) is 2.72. The largest absolute Gasteiger partial charge is 0.472 e. The predicted octanol–water partition coefficient (Wildman–Crippen LogP) is 2.73. The fraction of sp³-hybridized carbons (Fsp3) is 0. The van der Waals surface area contributed by atoms with E-state index in [0.29, 0.717) is 0 Å². The van der Waals surface area contributed by atoms with Gasteiger partial charge >= 0.3 is 0 Å². The summed E-state index contributed by atoms with van der Waals surface area (Å²) in [6, 6.07) is 11.6. The number of hydrogen-bond acceptors (Lipinski definition) is 3. The van der Waals surface area contributed by atoms with E-state index in [9.17, 15) is 0 Å². The molecule has 1 aromatic carbocycles. The lowest BCUT2D eigenvalue weighted by atomic mass is 10.3. The maximum absolute atomic E-state index is 4.90. The molecule has 0 bridgehead atoms. The summed E-state index contributed by atoms with van der Waals surface area (Å²) in [6.45, 7) is 0. The van der Waals surface area contributed by atoms with Crippen molar-refractivity contribution in [2.24, 2.45) is 5.10 Å². The molecule has 0 unspecified atom stereocenters. The highest BCUT2D eigenvalue weighted by Crippen LogP contribution is 2.04. The minimum absolute atomic E-state index is 0.938. The van der Waals surface area contributed by atoms with E-state index >= 15 is 0 Å². The molecule has 0 aliphatic carbocycles. The van der Waals surface area contributed by atoms with Crippen LogP contribution < -0.4 is 5.43 Å². The summed E-state index contributed by atoms with van der Waals surface area (Å²) >= 11 is 0. The Balaban J connectivity index is 1.95. The summed E-state index contributed by atoms with van der Waals surface area (Å²) < 4.78 is 4.90. The molecular formula is C11H10N2O. The molecule has 70 valence electrons. The van der Waals surface area contributed by atoms with Crippen LogP contribution in [0.3, 0.4) is 0 Å². The molecule has 2 rings (SSSR count). The first-order valence-corrected chi connectivity index (χ1v) is 4.31. The third-order valence-corrected chi connectivity index (χ3v) is 1.72. The molecule has 0 aliphatic heterocycles. The second-order valence-corrected chi connectivity index (χ2v) is 2.79. The Kier molecular flexibility index (Phi) is 2.62. The van der Waals surface area contributed by atoms with Crippen LogP contribution in [0.2, 0.25) is 0 Å². The third-order valence-electron chi connectivity index (χ3n) is 1.72. The van der Waals surface area contributed by atoms with Crippen molar-refractivity contribution >= 4 is 11.9 Å². The molecule has 0 saturated heterocycles. The SMILES string of the molecule is C(=NNc1ccccc1)c1ccoc1. The van der Waals surface area contributed by atoms with Crippen LogP contribution in [0.1, 0.15) is 5.56 Å². The monoisotopic (exact) mass is 186 g/mol. The normalized spacial score (nSPS) is 10.6. The summed E-state index contributed by atoms with van der Waals surface area (Å²) in [6.07, 6.45) is 4.95. The molecule has 0 amide bonds. The highest BCUT2D eigenvalue weighted by Gasteiger charge is 1.87. The van der Waals surface area contributed by atoms with Gasteiger partial charge in [-0.3, -0.25) is 5.43 Å². The van der Waals surface area contributed by atoms with Crippen molar-refractivity contribution < 1.29 is 4.42 Å². The number of hydrazone groups is 1. The van der Waals surface area contributed by atoms with E-state index in [1.165, 1.54) is 0 Å². The summed E-state index contributed by atoms with van der Waals surface area (Å²) in [4.78, 5) is 0. The van der Waals surface area contributed by atoms with Crippen LogP contribution in [0.5, 0.6) is 0 Å². The van der Waals surface area contributed by atoms with Crippen LogP contribution >= 0.6 is 0 Å². The van der Waals surface area contributed by atoms with E-state index in [1.54, 1.807) is 18.7 Å². The molecule has 3 heteroatoms. The molecule has 0 saturated carbocycles. The molecule has 1 heterocycles. The quantitative estimate of drug-likeness (QED) is 0.591. The van der Waals surface area contributed by atoms with E-state index in [-0.39, 0.29) is 0 Å². The van der Waals surface area contributed by atoms with Crippen LogP contribution in [-0.2, 0) is 0 Å². The van der Waals surface area contributed by atoms with Crippen molar-refractivity contribution in [3.05, 3.63) is 54.5 Å². The molecule has 3 nitrogen and oxygen atoms in total. The van der Waals surface area contributed by atoms with Crippen LogP contribution in [0, 0.1) is 0 Å². The average molecular weight is 186 g/mol. The number of anilines is 1. The van der Waals surface area contributed by atoms with Gasteiger partial charge in [0.15, 0.2) is 0 Å². The van der Waals surface area contributed by atoms with Gasteiger partial charge in [0, 0.05) is 5.56 Å². The first-order valence-electron chi connectivity index (χ1n) is 4.31. The Labute approximate surface area is 82.1 Å². The number of nitrogens with one attached hydrogen (secondary N) is 1. The van der Waals surface area contributed by atoms with E-state index < -0.39 is 0 Å². The Morgan fingerprint density at radius 1 is 1.14 bits per heavy atom. The van der Waals surface area contributed by atoms with Crippen molar-refractivity contribution in [1.82, 2.24) is 0 Å². The first kappa shape index (κ1) is 8.56. The van der Waals surface area contributed by atoms with E-state index in [2.05, 4.69) is 10.5 Å². The van der Waals surface area contributed by atoms with Gasteiger partial charge in [0.2, 0.25) is 0 Å². The second kappa shape index (κ2) is 4.28. The van der Waals surface area contributed by atoms with Gasteiger partial charge in [-0.15, -0.1) is 0 Å². The highest BCUT2D eigenvalue weighted by molar-refractivity contribution is 5.79. The maximum Gasteiger partial charge on any atom is 0.0991 e. The van der Waals surface area contributed by atoms with Gasteiger partial charge in [0.25, 0.3) is 0 Å². The summed E-state index contributed by atoms with van der Waals surface area (Å²) in [5.41, 5.74) is 4.81. The second-order valence-electron chi connectivity index (χ2n) is 2.79. The van der Waals surface area contributed by atoms with Gasteiger partial charge in [-0.1, -0.05) is 18.2 Å². The summed E-state index contributed by atoms with van der Waals surface area (Å²) in [7, 11) is 0. The Hall–Kier alpha value is -2.03. The smallest absolute Gasteiger partial charge is 0.0991 e. The van der Waals surface area contributed by atoms with Crippen LogP contribution in [0.15, 0.2) is 58.4 Å². The number of hydrogen-bond donors (Lipinski definition) is 1. The van der Waals surface area contributed by atoms with Crippen molar-refractivity contribution in [3.8, 4) is 0 Å². The standard InChI is InChI=1S/C11H10N2O/c1-2-4-11(5-3-1)13-12-8-10-6-7-14-9-10/h1-9,13H. The molecule has 14 heavy (non-hydrogen) atoms. The molecule has 1 N–H and O–H groups in total. The van der Waals surface area contributed by atoms with Crippen molar-refractivity contribution in [2.75, 3.05) is 5.43 Å². The van der Waals surface area contributed by atoms with Crippen LogP contribution in [0.25, 0.3) is 0 Å². The van der Waals surface area contributed by atoms with Crippen molar-refractivity contribution in [3.63, 3.8) is 0 Å². The zero-order valence-corrected chi connectivity index (χ0v) is 7.55. The number of para-hydroxylation sites is 1. The van der Waals surface area contributed by atoms with Gasteiger partial charge in [-0.25, -0.2) is 0 Å². The Morgan fingerprint density at radius 2 is 2.00 bits per heavy atom.